The Bertz CT molecular complexity index is 1230. The molecule has 0 fully saturated rings. The summed E-state index contributed by atoms with van der Waals surface area (Å²) in [5.74, 6) is 0.955. The van der Waals surface area contributed by atoms with E-state index in [1.807, 2.05) is 37.3 Å². The monoisotopic (exact) mass is 411 g/mol. The molecule has 3 aromatic carbocycles. The van der Waals surface area contributed by atoms with E-state index in [-0.39, 0.29) is 5.91 Å². The van der Waals surface area contributed by atoms with Gasteiger partial charge in [-0.25, -0.2) is 4.98 Å². The van der Waals surface area contributed by atoms with Crippen molar-refractivity contribution < 1.29 is 4.79 Å². The number of amides is 1. The second kappa shape index (κ2) is 8.76. The molecule has 0 unspecified atom stereocenters. The minimum Gasteiger partial charge on any atom is -0.352 e. The molecule has 0 aliphatic rings. The van der Waals surface area contributed by atoms with Crippen molar-refractivity contribution >= 4 is 16.9 Å². The zero-order valence-corrected chi connectivity index (χ0v) is 18.7. The number of hydrogen-bond donors (Lipinski definition) is 1. The number of benzene rings is 3. The highest BCUT2D eigenvalue weighted by atomic mass is 16.1. The molecule has 0 spiro atoms. The van der Waals surface area contributed by atoms with Gasteiger partial charge in [-0.05, 0) is 68.1 Å². The Kier molecular flexibility index (Phi) is 5.90. The number of carbonyl (C=O) groups is 1. The maximum Gasteiger partial charge on any atom is 0.251 e. The summed E-state index contributed by atoms with van der Waals surface area (Å²) in [7, 11) is 0. The van der Waals surface area contributed by atoms with Crippen LogP contribution in [-0.4, -0.2) is 22.0 Å². The smallest absolute Gasteiger partial charge is 0.251 e. The first-order valence-electron chi connectivity index (χ1n) is 10.8. The van der Waals surface area contributed by atoms with E-state index in [1.54, 1.807) is 0 Å². The van der Waals surface area contributed by atoms with Crippen molar-refractivity contribution in [2.45, 2.75) is 40.7 Å². The summed E-state index contributed by atoms with van der Waals surface area (Å²) >= 11 is 0. The molecule has 4 nitrogen and oxygen atoms in total. The Labute approximate surface area is 183 Å². The van der Waals surface area contributed by atoms with Gasteiger partial charge in [-0.15, -0.1) is 0 Å². The zero-order chi connectivity index (χ0) is 22.0. The van der Waals surface area contributed by atoms with Crippen molar-refractivity contribution in [3.8, 4) is 0 Å². The molecule has 1 N–H and O–H groups in total. The van der Waals surface area contributed by atoms with Crippen molar-refractivity contribution in [1.29, 1.82) is 0 Å². The molecule has 0 radical (unpaired) electrons. The van der Waals surface area contributed by atoms with Gasteiger partial charge in [0, 0.05) is 25.1 Å². The number of hydrogen-bond acceptors (Lipinski definition) is 2. The molecule has 0 saturated heterocycles. The van der Waals surface area contributed by atoms with Gasteiger partial charge >= 0.3 is 0 Å². The van der Waals surface area contributed by atoms with E-state index in [1.165, 1.54) is 22.3 Å². The lowest BCUT2D eigenvalue weighted by atomic mass is 9.99. The third-order valence-corrected chi connectivity index (χ3v) is 5.91. The number of rotatable bonds is 6. The molecule has 1 amide bonds. The van der Waals surface area contributed by atoms with Crippen LogP contribution in [0.1, 0.15) is 44.0 Å². The highest BCUT2D eigenvalue weighted by molar-refractivity contribution is 5.95. The van der Waals surface area contributed by atoms with Crippen LogP contribution < -0.4 is 5.32 Å². The van der Waals surface area contributed by atoms with Gasteiger partial charge in [0.05, 0.1) is 11.0 Å². The normalized spacial score (nSPS) is 11.1. The number of fused-ring (bicyclic) bond motifs is 1. The first kappa shape index (κ1) is 20.9. The van der Waals surface area contributed by atoms with E-state index in [9.17, 15) is 4.79 Å². The van der Waals surface area contributed by atoms with Crippen LogP contribution in [0, 0.1) is 27.7 Å². The van der Waals surface area contributed by atoms with Gasteiger partial charge in [0.25, 0.3) is 5.91 Å². The zero-order valence-electron chi connectivity index (χ0n) is 18.7. The highest BCUT2D eigenvalue weighted by Gasteiger charge is 2.14. The van der Waals surface area contributed by atoms with Crippen molar-refractivity contribution in [1.82, 2.24) is 14.9 Å². The number of carbonyl (C=O) groups excluding carboxylic acids is 1. The second-order valence-electron chi connectivity index (χ2n) is 8.30. The minimum atomic E-state index is -0.0361. The van der Waals surface area contributed by atoms with E-state index in [4.69, 9.17) is 4.98 Å². The van der Waals surface area contributed by atoms with E-state index < -0.39 is 0 Å². The maximum atomic E-state index is 12.6. The first-order chi connectivity index (χ1) is 14.9. The van der Waals surface area contributed by atoms with E-state index in [2.05, 4.69) is 61.0 Å². The molecule has 158 valence electrons. The van der Waals surface area contributed by atoms with Crippen LogP contribution in [0.2, 0.25) is 0 Å². The van der Waals surface area contributed by atoms with Crippen LogP contribution in [0.5, 0.6) is 0 Å². The summed E-state index contributed by atoms with van der Waals surface area (Å²) in [4.78, 5) is 17.5. The molecule has 31 heavy (non-hydrogen) atoms. The molecule has 1 aromatic heterocycles. The van der Waals surface area contributed by atoms with E-state index >= 15 is 0 Å². The summed E-state index contributed by atoms with van der Waals surface area (Å²) in [6, 6.07) is 20.4. The van der Waals surface area contributed by atoms with Crippen molar-refractivity contribution in [2.75, 3.05) is 6.54 Å². The molecule has 0 aliphatic heterocycles. The van der Waals surface area contributed by atoms with Crippen LogP contribution in [0.3, 0.4) is 0 Å². The summed E-state index contributed by atoms with van der Waals surface area (Å²) in [6.07, 6.45) is 0.677. The van der Waals surface area contributed by atoms with Gasteiger partial charge in [0.15, 0.2) is 0 Å². The number of nitrogens with one attached hydrogen (secondary N) is 1. The third kappa shape index (κ3) is 4.38. The Morgan fingerprint density at radius 2 is 1.58 bits per heavy atom. The molecular weight excluding hydrogens is 382 g/mol. The minimum absolute atomic E-state index is 0.0361. The number of aryl methyl sites for hydroxylation is 4. The van der Waals surface area contributed by atoms with Gasteiger partial charge in [-0.3, -0.25) is 4.79 Å². The molecule has 4 aromatic rings. The number of imidazole rings is 1. The van der Waals surface area contributed by atoms with Crippen LogP contribution in [0.4, 0.5) is 0 Å². The van der Waals surface area contributed by atoms with Crippen LogP contribution in [0.25, 0.3) is 11.0 Å². The van der Waals surface area contributed by atoms with Crippen LogP contribution in [-0.2, 0) is 13.0 Å². The fourth-order valence-corrected chi connectivity index (χ4v) is 4.32. The summed E-state index contributed by atoms with van der Waals surface area (Å²) in [5.41, 5.74) is 9.04. The maximum absolute atomic E-state index is 12.6. The second-order valence-corrected chi connectivity index (χ2v) is 8.30. The lowest BCUT2D eigenvalue weighted by molar-refractivity contribution is 0.0953. The molecule has 4 rings (SSSR count). The average molecular weight is 412 g/mol. The largest absolute Gasteiger partial charge is 0.352 e. The molecule has 1 heterocycles. The van der Waals surface area contributed by atoms with Crippen LogP contribution in [0.15, 0.2) is 60.7 Å². The lowest BCUT2D eigenvalue weighted by Crippen LogP contribution is -2.27. The SMILES string of the molecule is Cc1cc(C)c(Cn2c(CCNC(=O)c3ccccc3C)nc3ccccc32)c(C)c1. The standard InChI is InChI=1S/C27H29N3O/c1-18-15-20(3)23(21(4)16-18)17-30-25-12-8-7-11-24(25)29-26(30)13-14-28-27(31)22-10-6-5-9-19(22)2/h5-12,15-16H,13-14,17H2,1-4H3,(H,28,31). The molecule has 0 atom stereocenters. The van der Waals surface area contributed by atoms with E-state index in [0.29, 0.717) is 13.0 Å². The fraction of sp³-hybridized carbons (Fsp3) is 0.259. The molecule has 4 heteroatoms. The Morgan fingerprint density at radius 3 is 2.32 bits per heavy atom. The first-order valence-corrected chi connectivity index (χ1v) is 10.8. The summed E-state index contributed by atoms with van der Waals surface area (Å²) < 4.78 is 2.29. The van der Waals surface area contributed by atoms with Gasteiger partial charge in [-0.1, -0.05) is 48.0 Å². The number of para-hydroxylation sites is 2. The average Bonchev–Trinajstić information content (AvgIpc) is 3.08. The predicted molar refractivity (Wildman–Crippen MR) is 127 cm³/mol. The Balaban J connectivity index is 1.59. The van der Waals surface area contributed by atoms with Crippen molar-refractivity contribution in [3.63, 3.8) is 0 Å². The molecule has 0 saturated carbocycles. The molecule has 0 bridgehead atoms. The predicted octanol–water partition coefficient (Wildman–Crippen LogP) is 5.29. The fourth-order valence-electron chi connectivity index (χ4n) is 4.32. The van der Waals surface area contributed by atoms with Crippen LogP contribution >= 0.6 is 0 Å². The molecule has 0 aliphatic carbocycles. The topological polar surface area (TPSA) is 46.9 Å². The van der Waals surface area contributed by atoms with Gasteiger partial charge in [-0.2, -0.15) is 0 Å². The van der Waals surface area contributed by atoms with Crippen molar-refractivity contribution in [2.24, 2.45) is 0 Å². The highest BCUT2D eigenvalue weighted by Crippen LogP contribution is 2.23. The third-order valence-electron chi connectivity index (χ3n) is 5.91. The summed E-state index contributed by atoms with van der Waals surface area (Å²) in [6.45, 7) is 9.77. The lowest BCUT2D eigenvalue weighted by Gasteiger charge is -2.15. The quantitative estimate of drug-likeness (QED) is 0.469. The Hall–Kier alpha value is -3.40. The molecular formula is C27H29N3O. The number of aromatic nitrogens is 2. The Morgan fingerprint density at radius 1 is 0.903 bits per heavy atom. The van der Waals surface area contributed by atoms with E-state index in [0.717, 1.165) is 34.5 Å². The van der Waals surface area contributed by atoms with Gasteiger partial charge in [0.1, 0.15) is 5.82 Å². The van der Waals surface area contributed by atoms with Gasteiger partial charge in [0.2, 0.25) is 0 Å². The van der Waals surface area contributed by atoms with Crippen molar-refractivity contribution in [3.05, 3.63) is 99.9 Å². The van der Waals surface area contributed by atoms with Gasteiger partial charge < -0.3 is 9.88 Å². The number of nitrogens with zero attached hydrogens (tertiary/aromatic N) is 2. The summed E-state index contributed by atoms with van der Waals surface area (Å²) in [5, 5.41) is 3.06.